The van der Waals surface area contributed by atoms with Crippen molar-refractivity contribution in [2.45, 2.75) is 19.3 Å². The van der Waals surface area contributed by atoms with Crippen molar-refractivity contribution in [2.75, 3.05) is 25.1 Å². The highest BCUT2D eigenvalue weighted by molar-refractivity contribution is 5.91. The van der Waals surface area contributed by atoms with Crippen molar-refractivity contribution in [3.05, 3.63) is 66.5 Å². The van der Waals surface area contributed by atoms with E-state index in [1.165, 1.54) is 13.5 Å². The molecular formula is C23H23N3O2. The fourth-order valence-corrected chi connectivity index (χ4v) is 3.55. The van der Waals surface area contributed by atoms with Gasteiger partial charge in [-0.1, -0.05) is 30.3 Å². The van der Waals surface area contributed by atoms with Crippen LogP contribution in [-0.4, -0.2) is 36.1 Å². The molecule has 1 aliphatic heterocycles. The summed E-state index contributed by atoms with van der Waals surface area (Å²) in [4.78, 5) is 23.5. The van der Waals surface area contributed by atoms with Crippen molar-refractivity contribution in [3.8, 4) is 22.4 Å². The number of nitrogens with zero attached hydrogens (tertiary/aromatic N) is 3. The highest BCUT2D eigenvalue weighted by atomic mass is 16.5. The lowest BCUT2D eigenvalue weighted by Crippen LogP contribution is -2.30. The second-order valence-electron chi connectivity index (χ2n) is 6.96. The van der Waals surface area contributed by atoms with Gasteiger partial charge in [-0.2, -0.15) is 0 Å². The highest BCUT2D eigenvalue weighted by Crippen LogP contribution is 2.27. The summed E-state index contributed by atoms with van der Waals surface area (Å²) in [5.41, 5.74) is 4.44. The molecule has 5 nitrogen and oxygen atoms in total. The maximum absolute atomic E-state index is 12.2. The van der Waals surface area contributed by atoms with Gasteiger partial charge in [0, 0.05) is 31.0 Å². The highest BCUT2D eigenvalue weighted by Gasteiger charge is 2.17. The summed E-state index contributed by atoms with van der Waals surface area (Å²) in [7, 11) is 1.41. The van der Waals surface area contributed by atoms with Gasteiger partial charge in [-0.15, -0.1) is 0 Å². The Hall–Kier alpha value is -3.21. The molecule has 3 heterocycles. The fourth-order valence-electron chi connectivity index (χ4n) is 3.55. The molecule has 5 heteroatoms. The molecule has 0 spiro atoms. The molecule has 0 bridgehead atoms. The van der Waals surface area contributed by atoms with Crippen molar-refractivity contribution in [1.29, 1.82) is 0 Å². The van der Waals surface area contributed by atoms with Gasteiger partial charge in [0.15, 0.2) is 0 Å². The molecular weight excluding hydrogens is 350 g/mol. The molecule has 3 aromatic rings. The molecule has 1 fully saturated rings. The first kappa shape index (κ1) is 18.2. The van der Waals surface area contributed by atoms with Crippen LogP contribution in [0.3, 0.4) is 0 Å². The zero-order chi connectivity index (χ0) is 19.3. The number of carbonyl (C=O) groups excluding carboxylic acids is 1. The zero-order valence-corrected chi connectivity index (χ0v) is 16.0. The van der Waals surface area contributed by atoms with Gasteiger partial charge in [-0.05, 0) is 48.6 Å². The Labute approximate surface area is 165 Å². The molecule has 1 aromatic carbocycles. The van der Waals surface area contributed by atoms with Crippen LogP contribution < -0.4 is 4.90 Å². The SMILES string of the molecule is COC(=O)c1cc(-c2ccc(-c3cccnc3)cc2)nc(N2CCCCC2)c1. The summed E-state index contributed by atoms with van der Waals surface area (Å²) < 4.78 is 4.95. The Morgan fingerprint density at radius 3 is 2.39 bits per heavy atom. The summed E-state index contributed by atoms with van der Waals surface area (Å²) >= 11 is 0. The van der Waals surface area contributed by atoms with Crippen LogP contribution in [-0.2, 0) is 4.74 Å². The lowest BCUT2D eigenvalue weighted by molar-refractivity contribution is 0.0600. The summed E-state index contributed by atoms with van der Waals surface area (Å²) in [5.74, 6) is 0.503. The number of anilines is 1. The van der Waals surface area contributed by atoms with Crippen LogP contribution in [0.2, 0.25) is 0 Å². The predicted octanol–water partition coefficient (Wildman–Crippen LogP) is 4.59. The molecule has 1 saturated heterocycles. The van der Waals surface area contributed by atoms with E-state index in [-0.39, 0.29) is 5.97 Å². The lowest BCUT2D eigenvalue weighted by atomic mass is 10.0. The number of hydrogen-bond donors (Lipinski definition) is 0. The number of aromatic nitrogens is 2. The normalized spacial score (nSPS) is 14.0. The molecule has 0 saturated carbocycles. The Balaban J connectivity index is 1.70. The zero-order valence-electron chi connectivity index (χ0n) is 16.0. The summed E-state index contributed by atoms with van der Waals surface area (Å²) in [6.07, 6.45) is 7.16. The molecule has 28 heavy (non-hydrogen) atoms. The number of methoxy groups -OCH3 is 1. The minimum Gasteiger partial charge on any atom is -0.465 e. The van der Waals surface area contributed by atoms with E-state index in [4.69, 9.17) is 9.72 Å². The van der Waals surface area contributed by atoms with Gasteiger partial charge in [-0.3, -0.25) is 4.98 Å². The fraction of sp³-hybridized carbons (Fsp3) is 0.261. The predicted molar refractivity (Wildman–Crippen MR) is 110 cm³/mol. The van der Waals surface area contributed by atoms with E-state index in [0.717, 1.165) is 54.1 Å². The molecule has 0 N–H and O–H groups in total. The van der Waals surface area contributed by atoms with E-state index in [9.17, 15) is 4.79 Å². The first-order valence-corrected chi connectivity index (χ1v) is 9.61. The Morgan fingerprint density at radius 2 is 1.71 bits per heavy atom. The van der Waals surface area contributed by atoms with Crippen LogP contribution in [0.25, 0.3) is 22.4 Å². The molecule has 2 aromatic heterocycles. The van der Waals surface area contributed by atoms with Gasteiger partial charge in [0.1, 0.15) is 5.82 Å². The smallest absolute Gasteiger partial charge is 0.338 e. The number of hydrogen-bond acceptors (Lipinski definition) is 5. The summed E-state index contributed by atoms with van der Waals surface area (Å²) in [6, 6.07) is 15.8. The van der Waals surface area contributed by atoms with E-state index in [2.05, 4.69) is 22.0 Å². The van der Waals surface area contributed by atoms with Crippen LogP contribution in [0, 0.1) is 0 Å². The average molecular weight is 373 g/mol. The third-order valence-electron chi connectivity index (χ3n) is 5.09. The minimum atomic E-state index is -0.339. The molecule has 0 amide bonds. The number of piperidine rings is 1. The van der Waals surface area contributed by atoms with Gasteiger partial charge in [0.05, 0.1) is 18.4 Å². The van der Waals surface area contributed by atoms with Crippen LogP contribution in [0.15, 0.2) is 60.9 Å². The number of benzene rings is 1. The number of rotatable bonds is 4. The van der Waals surface area contributed by atoms with Crippen LogP contribution >= 0.6 is 0 Å². The van der Waals surface area contributed by atoms with Crippen LogP contribution in [0.5, 0.6) is 0 Å². The Kier molecular flexibility index (Phi) is 5.33. The van der Waals surface area contributed by atoms with Crippen LogP contribution in [0.4, 0.5) is 5.82 Å². The molecule has 0 atom stereocenters. The Morgan fingerprint density at radius 1 is 0.964 bits per heavy atom. The van der Waals surface area contributed by atoms with Gasteiger partial charge in [-0.25, -0.2) is 9.78 Å². The number of pyridine rings is 2. The van der Waals surface area contributed by atoms with Gasteiger partial charge in [0.2, 0.25) is 0 Å². The first-order chi connectivity index (χ1) is 13.7. The number of carbonyl (C=O) groups is 1. The average Bonchev–Trinajstić information content (AvgIpc) is 2.79. The quantitative estimate of drug-likeness (QED) is 0.626. The topological polar surface area (TPSA) is 55.3 Å². The maximum Gasteiger partial charge on any atom is 0.338 e. The molecule has 4 rings (SSSR count). The number of ether oxygens (including phenoxy) is 1. The molecule has 0 radical (unpaired) electrons. The van der Waals surface area contributed by atoms with Crippen molar-refractivity contribution in [1.82, 2.24) is 9.97 Å². The van der Waals surface area contributed by atoms with E-state index >= 15 is 0 Å². The molecule has 0 aliphatic carbocycles. The summed E-state index contributed by atoms with van der Waals surface area (Å²) in [6.45, 7) is 1.94. The van der Waals surface area contributed by atoms with Crippen molar-refractivity contribution >= 4 is 11.8 Å². The van der Waals surface area contributed by atoms with Gasteiger partial charge < -0.3 is 9.64 Å². The van der Waals surface area contributed by atoms with E-state index in [1.54, 1.807) is 12.3 Å². The van der Waals surface area contributed by atoms with E-state index in [1.807, 2.05) is 36.5 Å². The molecule has 1 aliphatic rings. The second-order valence-corrected chi connectivity index (χ2v) is 6.96. The first-order valence-electron chi connectivity index (χ1n) is 9.61. The van der Waals surface area contributed by atoms with E-state index in [0.29, 0.717) is 5.56 Å². The van der Waals surface area contributed by atoms with Crippen molar-refractivity contribution in [2.24, 2.45) is 0 Å². The van der Waals surface area contributed by atoms with Gasteiger partial charge in [0.25, 0.3) is 0 Å². The van der Waals surface area contributed by atoms with Crippen molar-refractivity contribution in [3.63, 3.8) is 0 Å². The minimum absolute atomic E-state index is 0.339. The standard InChI is InChI=1S/C23H23N3O2/c1-28-23(27)20-14-21(25-22(15-20)26-12-3-2-4-13-26)18-9-7-17(8-10-18)19-6-5-11-24-16-19/h5-11,14-16H,2-4,12-13H2,1H3. The van der Waals surface area contributed by atoms with Gasteiger partial charge >= 0.3 is 5.97 Å². The third kappa shape index (κ3) is 3.88. The molecule has 0 unspecified atom stereocenters. The summed E-state index contributed by atoms with van der Waals surface area (Å²) in [5, 5.41) is 0. The third-order valence-corrected chi connectivity index (χ3v) is 5.09. The number of esters is 1. The monoisotopic (exact) mass is 373 g/mol. The van der Waals surface area contributed by atoms with Crippen molar-refractivity contribution < 1.29 is 9.53 Å². The van der Waals surface area contributed by atoms with E-state index < -0.39 is 0 Å². The lowest BCUT2D eigenvalue weighted by Gasteiger charge is -2.28. The second kappa shape index (κ2) is 8.21. The molecule has 142 valence electrons. The largest absolute Gasteiger partial charge is 0.465 e. The van der Waals surface area contributed by atoms with Crippen LogP contribution in [0.1, 0.15) is 29.6 Å². The maximum atomic E-state index is 12.2. The Bertz CT molecular complexity index is 949.